The van der Waals surface area contributed by atoms with Crippen molar-refractivity contribution >= 4 is 15.9 Å². The molecule has 0 aliphatic heterocycles. The summed E-state index contributed by atoms with van der Waals surface area (Å²) < 4.78 is 13.4. The highest BCUT2D eigenvalue weighted by atomic mass is 79.9. The molecule has 0 fully saturated rings. The van der Waals surface area contributed by atoms with Gasteiger partial charge in [-0.1, -0.05) is 15.9 Å². The molecule has 0 saturated heterocycles. The topological polar surface area (TPSA) is 0 Å². The zero-order valence-corrected chi connectivity index (χ0v) is 7.36. The average molecular weight is 213 g/mol. The van der Waals surface area contributed by atoms with Crippen molar-refractivity contribution in [3.8, 4) is 12.3 Å². The lowest BCUT2D eigenvalue weighted by atomic mass is 10.2. The van der Waals surface area contributed by atoms with E-state index in [-0.39, 0.29) is 5.82 Å². The van der Waals surface area contributed by atoms with Crippen molar-refractivity contribution < 1.29 is 4.39 Å². The molecule has 0 atom stereocenters. The first-order chi connectivity index (χ1) is 5.24. The highest BCUT2D eigenvalue weighted by molar-refractivity contribution is 9.10. The summed E-state index contributed by atoms with van der Waals surface area (Å²) in [7, 11) is 0. The van der Waals surface area contributed by atoms with Crippen LogP contribution in [0, 0.1) is 18.2 Å². The van der Waals surface area contributed by atoms with E-state index in [0.717, 1.165) is 10.0 Å². The number of halogens is 2. The number of hydrogen-bond donors (Lipinski definition) is 0. The molecule has 56 valence electrons. The van der Waals surface area contributed by atoms with E-state index < -0.39 is 0 Å². The van der Waals surface area contributed by atoms with Gasteiger partial charge in [0, 0.05) is 10.9 Å². The molecule has 11 heavy (non-hydrogen) atoms. The van der Waals surface area contributed by atoms with Gasteiger partial charge in [-0.3, -0.25) is 0 Å². The quantitative estimate of drug-likeness (QED) is 0.629. The van der Waals surface area contributed by atoms with Crippen molar-refractivity contribution in [3.63, 3.8) is 0 Å². The highest BCUT2D eigenvalue weighted by Gasteiger charge is 1.98. The largest absolute Gasteiger partial charge is 0.207 e. The van der Waals surface area contributed by atoms with Crippen LogP contribution >= 0.6 is 15.9 Å². The van der Waals surface area contributed by atoms with Crippen LogP contribution in [0.3, 0.4) is 0 Å². The van der Waals surface area contributed by atoms with Gasteiger partial charge < -0.3 is 0 Å². The van der Waals surface area contributed by atoms with Gasteiger partial charge in [0.1, 0.15) is 5.82 Å². The van der Waals surface area contributed by atoms with Gasteiger partial charge in [-0.2, -0.15) is 0 Å². The van der Waals surface area contributed by atoms with Crippen LogP contribution in [0.2, 0.25) is 0 Å². The van der Waals surface area contributed by atoms with E-state index in [0.29, 0.717) is 6.42 Å². The number of hydrogen-bond acceptors (Lipinski definition) is 0. The molecule has 0 saturated carbocycles. The third-order valence-corrected chi connectivity index (χ3v) is 2.07. The van der Waals surface area contributed by atoms with Crippen LogP contribution in [-0.2, 0) is 6.42 Å². The zero-order chi connectivity index (χ0) is 8.27. The Morgan fingerprint density at radius 1 is 1.55 bits per heavy atom. The maximum absolute atomic E-state index is 12.6. The maximum Gasteiger partial charge on any atom is 0.123 e. The molecule has 1 aromatic carbocycles. The summed E-state index contributed by atoms with van der Waals surface area (Å²) in [5, 5.41) is 0. The monoisotopic (exact) mass is 212 g/mol. The lowest BCUT2D eigenvalue weighted by Gasteiger charge is -1.98. The Morgan fingerprint density at radius 2 is 2.27 bits per heavy atom. The van der Waals surface area contributed by atoms with Gasteiger partial charge in [-0.15, -0.1) is 12.3 Å². The maximum atomic E-state index is 12.6. The summed E-state index contributed by atoms with van der Waals surface area (Å²) >= 11 is 3.27. The fraction of sp³-hybridized carbons (Fsp3) is 0.111. The Labute approximate surface area is 73.6 Å². The van der Waals surface area contributed by atoms with E-state index in [1.54, 1.807) is 6.07 Å². The minimum Gasteiger partial charge on any atom is -0.207 e. The molecule has 0 N–H and O–H groups in total. The molecule has 0 radical (unpaired) electrons. The molecule has 0 unspecified atom stereocenters. The highest BCUT2D eigenvalue weighted by Crippen LogP contribution is 2.17. The second kappa shape index (κ2) is 3.54. The first-order valence-electron chi connectivity index (χ1n) is 3.11. The fourth-order valence-electron chi connectivity index (χ4n) is 0.789. The second-order valence-corrected chi connectivity index (χ2v) is 2.97. The summed E-state index contributed by atoms with van der Waals surface area (Å²) in [6.45, 7) is 0. The van der Waals surface area contributed by atoms with Crippen LogP contribution in [0.5, 0.6) is 0 Å². The smallest absolute Gasteiger partial charge is 0.123 e. The predicted molar refractivity (Wildman–Crippen MR) is 46.6 cm³/mol. The average Bonchev–Trinajstić information content (AvgIpc) is 1.98. The van der Waals surface area contributed by atoms with Crippen molar-refractivity contribution in [1.82, 2.24) is 0 Å². The van der Waals surface area contributed by atoms with E-state index >= 15 is 0 Å². The fourth-order valence-corrected chi connectivity index (χ4v) is 1.18. The van der Waals surface area contributed by atoms with Gasteiger partial charge in [0.15, 0.2) is 0 Å². The Bertz CT molecular complexity index is 299. The van der Waals surface area contributed by atoms with Crippen molar-refractivity contribution in [2.24, 2.45) is 0 Å². The summed E-state index contributed by atoms with van der Waals surface area (Å²) in [6, 6.07) is 4.48. The molecule has 0 spiro atoms. The third kappa shape index (κ3) is 2.06. The van der Waals surface area contributed by atoms with Gasteiger partial charge in [0.05, 0.1) is 0 Å². The molecule has 0 aliphatic carbocycles. The van der Waals surface area contributed by atoms with Crippen LogP contribution in [0.15, 0.2) is 22.7 Å². The van der Waals surface area contributed by atoms with Gasteiger partial charge >= 0.3 is 0 Å². The van der Waals surface area contributed by atoms with E-state index in [2.05, 4.69) is 21.9 Å². The van der Waals surface area contributed by atoms with E-state index in [1.807, 2.05) is 0 Å². The number of terminal acetylenes is 1. The molecular formula is C9H6BrF. The van der Waals surface area contributed by atoms with Crippen LogP contribution < -0.4 is 0 Å². The van der Waals surface area contributed by atoms with Crippen LogP contribution in [0.25, 0.3) is 0 Å². The zero-order valence-electron chi connectivity index (χ0n) is 5.77. The van der Waals surface area contributed by atoms with E-state index in [4.69, 9.17) is 6.42 Å². The number of benzene rings is 1. The molecule has 0 heterocycles. The Kier molecular flexibility index (Phi) is 2.67. The van der Waals surface area contributed by atoms with Gasteiger partial charge in [-0.25, -0.2) is 4.39 Å². The molecule has 0 aromatic heterocycles. The van der Waals surface area contributed by atoms with Crippen LogP contribution in [0.1, 0.15) is 5.56 Å². The van der Waals surface area contributed by atoms with Gasteiger partial charge in [-0.05, 0) is 23.8 Å². The molecule has 0 amide bonds. The lowest BCUT2D eigenvalue weighted by Crippen LogP contribution is -1.85. The second-order valence-electron chi connectivity index (χ2n) is 2.12. The third-order valence-electron chi connectivity index (χ3n) is 1.30. The predicted octanol–water partition coefficient (Wildman–Crippen LogP) is 2.76. The molecule has 0 aliphatic rings. The minimum atomic E-state index is -0.251. The Morgan fingerprint density at radius 3 is 2.91 bits per heavy atom. The first-order valence-corrected chi connectivity index (χ1v) is 3.90. The van der Waals surface area contributed by atoms with Crippen LogP contribution in [0.4, 0.5) is 4.39 Å². The molecule has 1 rings (SSSR count). The van der Waals surface area contributed by atoms with Crippen molar-refractivity contribution in [1.29, 1.82) is 0 Å². The van der Waals surface area contributed by atoms with Gasteiger partial charge in [0.2, 0.25) is 0 Å². The van der Waals surface area contributed by atoms with Crippen molar-refractivity contribution in [3.05, 3.63) is 34.1 Å². The Balaban J connectivity index is 3.05. The van der Waals surface area contributed by atoms with E-state index in [9.17, 15) is 4.39 Å². The lowest BCUT2D eigenvalue weighted by molar-refractivity contribution is 0.626. The normalized spacial score (nSPS) is 9.18. The summed E-state index contributed by atoms with van der Waals surface area (Å²) in [5.41, 5.74) is 0.813. The standard InChI is InChI=1S/C9H6BrF/c1-2-3-7-6-8(11)4-5-9(7)10/h1,4-6H,3H2. The van der Waals surface area contributed by atoms with Crippen molar-refractivity contribution in [2.45, 2.75) is 6.42 Å². The first kappa shape index (κ1) is 8.29. The van der Waals surface area contributed by atoms with E-state index in [1.165, 1.54) is 12.1 Å². The molecular weight excluding hydrogens is 207 g/mol. The Hall–Kier alpha value is -0.810. The summed E-state index contributed by atoms with van der Waals surface area (Å²) in [5.74, 6) is 2.20. The van der Waals surface area contributed by atoms with Crippen molar-refractivity contribution in [2.75, 3.05) is 0 Å². The molecule has 0 bridgehead atoms. The van der Waals surface area contributed by atoms with Gasteiger partial charge in [0.25, 0.3) is 0 Å². The summed E-state index contributed by atoms with van der Waals surface area (Å²) in [6.07, 6.45) is 5.54. The molecule has 2 heteroatoms. The SMILES string of the molecule is C#CCc1cc(F)ccc1Br. The molecule has 1 aromatic rings. The van der Waals surface area contributed by atoms with Crippen LogP contribution in [-0.4, -0.2) is 0 Å². The molecule has 0 nitrogen and oxygen atoms in total. The number of rotatable bonds is 1. The summed E-state index contributed by atoms with van der Waals surface area (Å²) in [4.78, 5) is 0. The minimum absolute atomic E-state index is 0.251.